The molecule has 6 heteroatoms. The van der Waals surface area contributed by atoms with Crippen LogP contribution in [-0.4, -0.2) is 30.0 Å². The van der Waals surface area contributed by atoms with Crippen LogP contribution < -0.4 is 10.2 Å². The maximum atomic E-state index is 11.5. The number of piperazine rings is 1. The van der Waals surface area contributed by atoms with Crippen LogP contribution in [0.25, 0.3) is 0 Å². The molecule has 0 spiro atoms. The Kier molecular flexibility index (Phi) is 3.35. The zero-order valence-corrected chi connectivity index (χ0v) is 11.0. The van der Waals surface area contributed by atoms with Crippen LogP contribution in [0.4, 0.5) is 5.82 Å². The summed E-state index contributed by atoms with van der Waals surface area (Å²) in [6.07, 6.45) is 1.58. The number of aromatic nitrogens is 1. The number of nitrogens with zero attached hydrogens (tertiary/aromatic N) is 2. The Morgan fingerprint density at radius 2 is 2.44 bits per heavy atom. The van der Waals surface area contributed by atoms with Crippen LogP contribution in [0.1, 0.15) is 6.92 Å². The molecule has 1 aliphatic heterocycles. The molecule has 2 heterocycles. The summed E-state index contributed by atoms with van der Waals surface area (Å²) in [6.45, 7) is 3.25. The van der Waals surface area contributed by atoms with Crippen molar-refractivity contribution in [1.82, 2.24) is 10.3 Å². The number of hydrogen-bond acceptors (Lipinski definition) is 3. The summed E-state index contributed by atoms with van der Waals surface area (Å²) in [6, 6.07) is 1.57. The Morgan fingerprint density at radius 1 is 1.69 bits per heavy atom. The van der Waals surface area contributed by atoms with Crippen molar-refractivity contribution in [3.05, 3.63) is 21.8 Å². The van der Waals surface area contributed by atoms with E-state index in [1.807, 2.05) is 11.8 Å². The fraction of sp³-hybridized carbons (Fsp3) is 0.400. The Balaban J connectivity index is 2.32. The average Bonchev–Trinajstić information content (AvgIpc) is 2.23. The Labute approximate surface area is 107 Å². The number of rotatable bonds is 1. The first-order valence-electron chi connectivity index (χ1n) is 4.95. The van der Waals surface area contributed by atoms with Gasteiger partial charge in [-0.1, -0.05) is 11.6 Å². The molecule has 1 atom stereocenters. The molecule has 86 valence electrons. The maximum absolute atomic E-state index is 11.5. The van der Waals surface area contributed by atoms with Gasteiger partial charge in [0.25, 0.3) is 0 Å². The van der Waals surface area contributed by atoms with Crippen LogP contribution in [0.3, 0.4) is 0 Å². The lowest BCUT2D eigenvalue weighted by atomic mass is 10.2. The summed E-state index contributed by atoms with van der Waals surface area (Å²) in [7, 11) is 0. The molecule has 0 saturated carbocycles. The van der Waals surface area contributed by atoms with Gasteiger partial charge in [-0.25, -0.2) is 4.98 Å². The highest BCUT2D eigenvalue weighted by molar-refractivity contribution is 9.10. The molecule has 0 aromatic carbocycles. The van der Waals surface area contributed by atoms with E-state index in [-0.39, 0.29) is 11.9 Å². The summed E-state index contributed by atoms with van der Waals surface area (Å²) in [4.78, 5) is 17.7. The van der Waals surface area contributed by atoms with Gasteiger partial charge in [0.2, 0.25) is 5.91 Å². The van der Waals surface area contributed by atoms with Crippen molar-refractivity contribution >= 4 is 39.3 Å². The van der Waals surface area contributed by atoms with Crippen molar-refractivity contribution in [3.8, 4) is 0 Å². The van der Waals surface area contributed by atoms with Gasteiger partial charge in [0.15, 0.2) is 0 Å². The van der Waals surface area contributed by atoms with E-state index in [0.717, 1.165) is 16.8 Å². The standard InChI is InChI=1S/C10H11BrClN3O/c1-6-10(16)13-2-3-15(6)9-8(11)4-7(12)5-14-9/h4-6H,2-3H2,1H3,(H,13,16). The third-order valence-corrected chi connectivity index (χ3v) is 3.35. The van der Waals surface area contributed by atoms with Crippen molar-refractivity contribution in [2.75, 3.05) is 18.0 Å². The van der Waals surface area contributed by atoms with Crippen molar-refractivity contribution in [2.24, 2.45) is 0 Å². The van der Waals surface area contributed by atoms with Crippen LogP contribution in [0.15, 0.2) is 16.7 Å². The smallest absolute Gasteiger partial charge is 0.242 e. The first kappa shape index (κ1) is 11.7. The summed E-state index contributed by atoms with van der Waals surface area (Å²) in [5.74, 6) is 0.779. The Hall–Kier alpha value is -0.810. The molecule has 16 heavy (non-hydrogen) atoms. The molecule has 1 unspecified atom stereocenters. The fourth-order valence-corrected chi connectivity index (χ4v) is 2.56. The van der Waals surface area contributed by atoms with Crippen LogP contribution in [0.5, 0.6) is 0 Å². The number of amides is 1. The minimum absolute atomic E-state index is 0.0231. The van der Waals surface area contributed by atoms with Gasteiger partial charge in [0.1, 0.15) is 11.9 Å². The SMILES string of the molecule is CC1C(=O)NCCN1c1ncc(Cl)cc1Br. The zero-order valence-electron chi connectivity index (χ0n) is 8.70. The lowest BCUT2D eigenvalue weighted by molar-refractivity contribution is -0.122. The predicted molar refractivity (Wildman–Crippen MR) is 66.8 cm³/mol. The average molecular weight is 305 g/mol. The first-order chi connectivity index (χ1) is 7.59. The van der Waals surface area contributed by atoms with Crippen LogP contribution >= 0.6 is 27.5 Å². The summed E-state index contributed by atoms with van der Waals surface area (Å²) < 4.78 is 0.807. The third-order valence-electron chi connectivity index (χ3n) is 2.56. The van der Waals surface area contributed by atoms with Crippen molar-refractivity contribution in [1.29, 1.82) is 0 Å². The molecule has 1 fully saturated rings. The molecule has 2 rings (SSSR count). The Morgan fingerprint density at radius 3 is 3.12 bits per heavy atom. The van der Waals surface area contributed by atoms with Gasteiger partial charge >= 0.3 is 0 Å². The molecule has 1 aromatic rings. The van der Waals surface area contributed by atoms with Crippen molar-refractivity contribution in [3.63, 3.8) is 0 Å². The molecule has 0 bridgehead atoms. The predicted octanol–water partition coefficient (Wildman–Crippen LogP) is 1.82. The monoisotopic (exact) mass is 303 g/mol. The normalized spacial score (nSPS) is 20.8. The molecule has 1 aromatic heterocycles. The molecule has 4 nitrogen and oxygen atoms in total. The van der Waals surface area contributed by atoms with E-state index in [2.05, 4.69) is 26.2 Å². The van der Waals surface area contributed by atoms with Gasteiger partial charge in [0, 0.05) is 19.3 Å². The lowest BCUT2D eigenvalue weighted by Crippen LogP contribution is -2.54. The minimum atomic E-state index is -0.210. The molecule has 1 N–H and O–H groups in total. The number of halogens is 2. The number of hydrogen-bond donors (Lipinski definition) is 1. The largest absolute Gasteiger partial charge is 0.353 e. The Bertz CT molecular complexity index is 427. The second-order valence-electron chi connectivity index (χ2n) is 3.62. The van der Waals surface area contributed by atoms with E-state index in [1.165, 1.54) is 0 Å². The molecule has 0 radical (unpaired) electrons. The molecule has 1 aliphatic rings. The number of carbonyl (C=O) groups excluding carboxylic acids is 1. The van der Waals surface area contributed by atoms with E-state index >= 15 is 0 Å². The van der Waals surface area contributed by atoms with E-state index < -0.39 is 0 Å². The highest BCUT2D eigenvalue weighted by Gasteiger charge is 2.27. The summed E-state index contributed by atoms with van der Waals surface area (Å²) in [5.41, 5.74) is 0. The number of pyridine rings is 1. The van der Waals surface area contributed by atoms with Crippen LogP contribution in [-0.2, 0) is 4.79 Å². The quantitative estimate of drug-likeness (QED) is 0.861. The van der Waals surface area contributed by atoms with Crippen molar-refractivity contribution in [2.45, 2.75) is 13.0 Å². The second kappa shape index (κ2) is 4.59. The zero-order chi connectivity index (χ0) is 11.7. The number of nitrogens with one attached hydrogen (secondary N) is 1. The molecule has 1 saturated heterocycles. The molecular weight excluding hydrogens is 293 g/mol. The van der Waals surface area contributed by atoms with Crippen molar-refractivity contribution < 1.29 is 4.79 Å². The third kappa shape index (κ3) is 2.15. The topological polar surface area (TPSA) is 45.2 Å². The van der Waals surface area contributed by atoms with Gasteiger partial charge < -0.3 is 10.2 Å². The van der Waals surface area contributed by atoms with Gasteiger partial charge in [-0.3, -0.25) is 4.79 Å². The lowest BCUT2D eigenvalue weighted by Gasteiger charge is -2.34. The molecule has 1 amide bonds. The number of carbonyl (C=O) groups is 1. The van der Waals surface area contributed by atoms with E-state index in [9.17, 15) is 4.79 Å². The van der Waals surface area contributed by atoms with Gasteiger partial charge in [-0.05, 0) is 28.9 Å². The van der Waals surface area contributed by atoms with Gasteiger partial charge in [-0.15, -0.1) is 0 Å². The highest BCUT2D eigenvalue weighted by Crippen LogP contribution is 2.28. The highest BCUT2D eigenvalue weighted by atomic mass is 79.9. The van der Waals surface area contributed by atoms with Crippen LogP contribution in [0.2, 0.25) is 5.02 Å². The summed E-state index contributed by atoms with van der Waals surface area (Å²) >= 11 is 9.24. The fourth-order valence-electron chi connectivity index (χ4n) is 1.69. The van der Waals surface area contributed by atoms with Crippen LogP contribution in [0, 0.1) is 0 Å². The maximum Gasteiger partial charge on any atom is 0.242 e. The van der Waals surface area contributed by atoms with E-state index in [1.54, 1.807) is 12.3 Å². The summed E-state index contributed by atoms with van der Waals surface area (Å²) in [5, 5.41) is 3.39. The first-order valence-corrected chi connectivity index (χ1v) is 6.12. The van der Waals surface area contributed by atoms with Gasteiger partial charge in [0.05, 0.1) is 9.50 Å². The second-order valence-corrected chi connectivity index (χ2v) is 4.91. The number of anilines is 1. The van der Waals surface area contributed by atoms with E-state index in [4.69, 9.17) is 11.6 Å². The van der Waals surface area contributed by atoms with E-state index in [0.29, 0.717) is 11.6 Å². The molecular formula is C10H11BrClN3O. The molecule has 0 aliphatic carbocycles. The minimum Gasteiger partial charge on any atom is -0.353 e. The van der Waals surface area contributed by atoms with Gasteiger partial charge in [-0.2, -0.15) is 0 Å².